The standard InChI is InChI=1S/C21H19Cl2NO2/c1-3-13(2)15-6-4-5-7-18(15)24-21(25)20-11-10-19(26-20)14-8-9-16(22)17(23)12-14/h4-13H,3H2,1-2H3,(H,24,25)/t13-/m1/s1. The molecule has 0 fully saturated rings. The van der Waals surface area contributed by atoms with Crippen LogP contribution < -0.4 is 5.32 Å². The van der Waals surface area contributed by atoms with Crippen LogP contribution in [-0.2, 0) is 0 Å². The first kappa shape index (κ1) is 18.6. The molecule has 0 spiro atoms. The monoisotopic (exact) mass is 387 g/mol. The lowest BCUT2D eigenvalue weighted by Crippen LogP contribution is -2.13. The molecular formula is C21H19Cl2NO2. The smallest absolute Gasteiger partial charge is 0.291 e. The van der Waals surface area contributed by atoms with Gasteiger partial charge in [0.15, 0.2) is 5.76 Å². The van der Waals surface area contributed by atoms with Crippen LogP contribution in [0.25, 0.3) is 11.3 Å². The van der Waals surface area contributed by atoms with Crippen molar-refractivity contribution in [2.24, 2.45) is 0 Å². The summed E-state index contributed by atoms with van der Waals surface area (Å²) >= 11 is 12.0. The van der Waals surface area contributed by atoms with Gasteiger partial charge in [-0.1, -0.05) is 55.2 Å². The highest BCUT2D eigenvalue weighted by molar-refractivity contribution is 6.42. The number of hydrogen-bond acceptors (Lipinski definition) is 2. The number of hydrogen-bond donors (Lipinski definition) is 1. The van der Waals surface area contributed by atoms with Crippen molar-refractivity contribution >= 4 is 34.8 Å². The van der Waals surface area contributed by atoms with Crippen molar-refractivity contribution in [2.75, 3.05) is 5.32 Å². The van der Waals surface area contributed by atoms with Crippen LogP contribution >= 0.6 is 23.2 Å². The van der Waals surface area contributed by atoms with Gasteiger partial charge in [0, 0.05) is 11.3 Å². The zero-order valence-electron chi connectivity index (χ0n) is 14.6. The zero-order chi connectivity index (χ0) is 18.7. The Hall–Kier alpha value is -2.23. The quantitative estimate of drug-likeness (QED) is 0.510. The van der Waals surface area contributed by atoms with Gasteiger partial charge in [0.2, 0.25) is 0 Å². The summed E-state index contributed by atoms with van der Waals surface area (Å²) in [7, 11) is 0. The Labute approximate surface area is 162 Å². The second kappa shape index (κ2) is 7.98. The largest absolute Gasteiger partial charge is 0.451 e. The Morgan fingerprint density at radius 3 is 2.58 bits per heavy atom. The number of nitrogens with one attached hydrogen (secondary N) is 1. The first-order valence-corrected chi connectivity index (χ1v) is 9.20. The maximum absolute atomic E-state index is 12.6. The third kappa shape index (κ3) is 3.95. The van der Waals surface area contributed by atoms with Gasteiger partial charge in [-0.05, 0) is 54.3 Å². The first-order valence-electron chi connectivity index (χ1n) is 8.45. The normalized spacial score (nSPS) is 12.0. The van der Waals surface area contributed by atoms with E-state index in [-0.39, 0.29) is 11.7 Å². The second-order valence-corrected chi connectivity index (χ2v) is 6.96. The van der Waals surface area contributed by atoms with Crippen molar-refractivity contribution in [3.63, 3.8) is 0 Å². The van der Waals surface area contributed by atoms with E-state index < -0.39 is 0 Å². The van der Waals surface area contributed by atoms with Gasteiger partial charge in [-0.15, -0.1) is 0 Å². The Morgan fingerprint density at radius 1 is 1.08 bits per heavy atom. The molecular weight excluding hydrogens is 369 g/mol. The third-order valence-electron chi connectivity index (χ3n) is 4.39. The van der Waals surface area contributed by atoms with Crippen molar-refractivity contribution < 1.29 is 9.21 Å². The van der Waals surface area contributed by atoms with Gasteiger partial charge in [0.1, 0.15) is 5.76 Å². The Balaban J connectivity index is 1.82. The highest BCUT2D eigenvalue weighted by atomic mass is 35.5. The van der Waals surface area contributed by atoms with Crippen LogP contribution in [0.3, 0.4) is 0 Å². The van der Waals surface area contributed by atoms with Gasteiger partial charge in [-0.2, -0.15) is 0 Å². The molecule has 0 bridgehead atoms. The van der Waals surface area contributed by atoms with E-state index in [0.717, 1.165) is 23.2 Å². The highest BCUT2D eigenvalue weighted by Crippen LogP contribution is 2.30. The summed E-state index contributed by atoms with van der Waals surface area (Å²) < 4.78 is 5.71. The first-order chi connectivity index (χ1) is 12.5. The molecule has 0 saturated heterocycles. The molecule has 3 aromatic rings. The van der Waals surface area contributed by atoms with Gasteiger partial charge in [0.25, 0.3) is 5.91 Å². The molecule has 1 N–H and O–H groups in total. The third-order valence-corrected chi connectivity index (χ3v) is 5.13. The number of para-hydroxylation sites is 1. The van der Waals surface area contributed by atoms with Crippen LogP contribution in [0, 0.1) is 0 Å². The molecule has 1 atom stereocenters. The van der Waals surface area contributed by atoms with Crippen LogP contribution in [0.2, 0.25) is 10.0 Å². The molecule has 0 aliphatic rings. The maximum atomic E-state index is 12.6. The highest BCUT2D eigenvalue weighted by Gasteiger charge is 2.16. The molecule has 0 aliphatic heterocycles. The fraction of sp³-hybridized carbons (Fsp3) is 0.190. The molecule has 26 heavy (non-hydrogen) atoms. The summed E-state index contributed by atoms with van der Waals surface area (Å²) in [6.45, 7) is 4.26. The summed E-state index contributed by atoms with van der Waals surface area (Å²) in [4.78, 5) is 12.6. The predicted molar refractivity (Wildman–Crippen MR) is 107 cm³/mol. The van der Waals surface area contributed by atoms with Crippen molar-refractivity contribution in [3.05, 3.63) is 76.0 Å². The number of carbonyl (C=O) groups is 1. The molecule has 0 saturated carbocycles. The number of anilines is 1. The fourth-order valence-corrected chi connectivity index (χ4v) is 3.01. The number of carbonyl (C=O) groups excluding carboxylic acids is 1. The summed E-state index contributed by atoms with van der Waals surface area (Å²) in [6, 6.07) is 16.4. The van der Waals surface area contributed by atoms with Crippen LogP contribution in [0.15, 0.2) is 59.0 Å². The summed E-state index contributed by atoms with van der Waals surface area (Å²) in [6.07, 6.45) is 0.995. The molecule has 3 nitrogen and oxygen atoms in total. The molecule has 3 rings (SSSR count). The van der Waals surface area contributed by atoms with Crippen LogP contribution in [0.4, 0.5) is 5.69 Å². The molecule has 0 radical (unpaired) electrons. The number of halogens is 2. The van der Waals surface area contributed by atoms with E-state index in [1.165, 1.54) is 0 Å². The average molecular weight is 388 g/mol. The van der Waals surface area contributed by atoms with Crippen LogP contribution in [-0.4, -0.2) is 5.91 Å². The number of benzene rings is 2. The zero-order valence-corrected chi connectivity index (χ0v) is 16.1. The lowest BCUT2D eigenvalue weighted by Gasteiger charge is -2.15. The van der Waals surface area contributed by atoms with Crippen LogP contribution in [0.1, 0.15) is 42.3 Å². The van der Waals surface area contributed by atoms with Crippen molar-refractivity contribution in [2.45, 2.75) is 26.2 Å². The Kier molecular flexibility index (Phi) is 5.70. The minimum absolute atomic E-state index is 0.241. The number of rotatable bonds is 5. The van der Waals surface area contributed by atoms with E-state index in [1.807, 2.05) is 24.3 Å². The van der Waals surface area contributed by atoms with Crippen LogP contribution in [0.5, 0.6) is 0 Å². The van der Waals surface area contributed by atoms with Gasteiger partial charge < -0.3 is 9.73 Å². The average Bonchev–Trinajstić information content (AvgIpc) is 3.14. The van der Waals surface area contributed by atoms with Gasteiger partial charge >= 0.3 is 0 Å². The number of amides is 1. The topological polar surface area (TPSA) is 42.2 Å². The molecule has 134 valence electrons. The molecule has 5 heteroatoms. The molecule has 1 amide bonds. The minimum atomic E-state index is -0.285. The summed E-state index contributed by atoms with van der Waals surface area (Å²) in [5.74, 6) is 0.871. The van der Waals surface area contributed by atoms with E-state index in [2.05, 4.69) is 19.2 Å². The predicted octanol–water partition coefficient (Wildman–Crippen LogP) is 7.02. The van der Waals surface area contributed by atoms with E-state index in [4.69, 9.17) is 27.6 Å². The lowest BCUT2D eigenvalue weighted by molar-refractivity contribution is 0.0997. The van der Waals surface area contributed by atoms with Gasteiger partial charge in [-0.3, -0.25) is 4.79 Å². The van der Waals surface area contributed by atoms with Crippen molar-refractivity contribution in [3.8, 4) is 11.3 Å². The Bertz CT molecular complexity index is 933. The molecule has 0 unspecified atom stereocenters. The van der Waals surface area contributed by atoms with E-state index in [0.29, 0.717) is 21.7 Å². The van der Waals surface area contributed by atoms with Crippen molar-refractivity contribution in [1.29, 1.82) is 0 Å². The summed E-state index contributed by atoms with van der Waals surface area (Å²) in [5.41, 5.74) is 2.68. The molecule has 0 aliphatic carbocycles. The lowest BCUT2D eigenvalue weighted by atomic mass is 9.97. The molecule has 1 aromatic heterocycles. The van der Waals surface area contributed by atoms with Crippen molar-refractivity contribution in [1.82, 2.24) is 0 Å². The van der Waals surface area contributed by atoms with Gasteiger partial charge in [-0.25, -0.2) is 0 Å². The fourth-order valence-electron chi connectivity index (χ4n) is 2.71. The second-order valence-electron chi connectivity index (χ2n) is 6.14. The Morgan fingerprint density at radius 2 is 1.85 bits per heavy atom. The van der Waals surface area contributed by atoms with Gasteiger partial charge in [0.05, 0.1) is 10.0 Å². The minimum Gasteiger partial charge on any atom is -0.451 e. The SMILES string of the molecule is CC[C@@H](C)c1ccccc1NC(=O)c1ccc(-c2ccc(Cl)c(Cl)c2)o1. The molecule has 1 heterocycles. The molecule has 2 aromatic carbocycles. The maximum Gasteiger partial charge on any atom is 0.291 e. The number of furan rings is 1. The van der Waals surface area contributed by atoms with E-state index in [1.54, 1.807) is 30.3 Å². The van der Waals surface area contributed by atoms with E-state index in [9.17, 15) is 4.79 Å². The summed E-state index contributed by atoms with van der Waals surface area (Å²) in [5, 5.41) is 3.86. The van der Waals surface area contributed by atoms with E-state index >= 15 is 0 Å².